The minimum Gasteiger partial charge on any atom is -0.478 e. The highest BCUT2D eigenvalue weighted by Crippen LogP contribution is 2.29. The van der Waals surface area contributed by atoms with E-state index < -0.39 is 17.8 Å². The molecule has 21 heavy (non-hydrogen) atoms. The number of carboxylic acid groups (broad SMARTS) is 1. The zero-order valence-electron chi connectivity index (χ0n) is 10.3. The van der Waals surface area contributed by atoms with Crippen LogP contribution in [0, 0.1) is 0 Å². The molecular weight excluding hydrogens is 309 g/mol. The Kier molecular flexibility index (Phi) is 4.04. The fraction of sp³-hybridized carbons (Fsp3) is 0.0769. The van der Waals surface area contributed by atoms with Gasteiger partial charge in [0.05, 0.1) is 5.69 Å². The van der Waals surface area contributed by atoms with Crippen LogP contribution in [0.2, 0.25) is 5.02 Å². The topological polar surface area (TPSA) is 55.1 Å². The molecule has 1 heterocycles. The summed E-state index contributed by atoms with van der Waals surface area (Å²) in [5.74, 6) is -1.20. The quantitative estimate of drug-likeness (QED) is 0.880. The summed E-state index contributed by atoms with van der Waals surface area (Å²) in [6.07, 6.45) is -1.37. The van der Waals surface area contributed by atoms with Crippen LogP contribution in [0.15, 0.2) is 36.5 Å². The van der Waals surface area contributed by atoms with Crippen molar-refractivity contribution in [2.45, 2.75) is 6.18 Å². The predicted molar refractivity (Wildman–Crippen MR) is 70.2 cm³/mol. The summed E-state index contributed by atoms with van der Waals surface area (Å²) in [5, 5.41) is 12.3. The normalized spacial score (nSPS) is 12.0. The van der Waals surface area contributed by atoms with Gasteiger partial charge in [0.2, 0.25) is 0 Å². The summed E-state index contributed by atoms with van der Waals surface area (Å²) < 4.78 is 38.7. The van der Waals surface area contributed by atoms with Crippen molar-refractivity contribution in [3.63, 3.8) is 0 Å². The maximum Gasteiger partial charge on any atom is 0.435 e. The Bertz CT molecular complexity index is 708. The molecule has 8 heteroatoms. The van der Waals surface area contributed by atoms with Gasteiger partial charge in [0.1, 0.15) is 0 Å². The molecule has 0 aliphatic rings. The van der Waals surface area contributed by atoms with E-state index in [9.17, 15) is 18.0 Å². The molecule has 0 bridgehead atoms. The number of benzene rings is 1. The van der Waals surface area contributed by atoms with E-state index in [4.69, 9.17) is 16.7 Å². The molecule has 0 saturated heterocycles. The van der Waals surface area contributed by atoms with Crippen molar-refractivity contribution in [3.05, 3.63) is 52.8 Å². The van der Waals surface area contributed by atoms with Crippen molar-refractivity contribution < 1.29 is 23.1 Å². The molecule has 0 saturated carbocycles. The van der Waals surface area contributed by atoms with Crippen LogP contribution >= 0.6 is 11.6 Å². The van der Waals surface area contributed by atoms with Gasteiger partial charge in [-0.25, -0.2) is 9.48 Å². The average Bonchev–Trinajstić information content (AvgIpc) is 2.86. The molecule has 0 unspecified atom stereocenters. The zero-order valence-corrected chi connectivity index (χ0v) is 11.1. The Morgan fingerprint density at radius 2 is 2.05 bits per heavy atom. The van der Waals surface area contributed by atoms with Crippen molar-refractivity contribution in [1.29, 1.82) is 0 Å². The van der Waals surface area contributed by atoms with E-state index in [0.29, 0.717) is 0 Å². The van der Waals surface area contributed by atoms with Crippen LogP contribution < -0.4 is 0 Å². The number of nitrogens with zero attached hydrogens (tertiary/aromatic N) is 2. The molecule has 1 aromatic carbocycles. The van der Waals surface area contributed by atoms with Gasteiger partial charge in [-0.05, 0) is 24.3 Å². The first-order valence-corrected chi connectivity index (χ1v) is 5.99. The van der Waals surface area contributed by atoms with Crippen molar-refractivity contribution in [3.8, 4) is 5.69 Å². The molecule has 1 N–H and O–H groups in total. The summed E-state index contributed by atoms with van der Waals surface area (Å²) >= 11 is 5.95. The highest BCUT2D eigenvalue weighted by Gasteiger charge is 2.33. The molecule has 0 amide bonds. The van der Waals surface area contributed by atoms with Crippen LogP contribution in [0.1, 0.15) is 11.3 Å². The number of carboxylic acids is 1. The molecule has 4 nitrogen and oxygen atoms in total. The van der Waals surface area contributed by atoms with E-state index in [0.717, 1.165) is 23.0 Å². The van der Waals surface area contributed by atoms with Gasteiger partial charge in [-0.3, -0.25) is 0 Å². The fourth-order valence-corrected chi connectivity index (χ4v) is 1.89. The molecule has 0 fully saturated rings. The van der Waals surface area contributed by atoms with Crippen LogP contribution in [0.25, 0.3) is 11.8 Å². The van der Waals surface area contributed by atoms with Gasteiger partial charge in [-0.15, -0.1) is 0 Å². The second-order valence-corrected chi connectivity index (χ2v) is 4.39. The van der Waals surface area contributed by atoms with E-state index in [1.807, 2.05) is 0 Å². The number of alkyl halides is 3. The lowest BCUT2D eigenvalue weighted by Crippen LogP contribution is -2.07. The molecule has 2 aromatic rings. The standard InChI is InChI=1S/C13H8ClF3N2O2/c14-9-2-1-3-10(8(9)4-5-12(20)21)19-7-6-11(18-19)13(15,16)17/h1-7H,(H,20,21). The smallest absolute Gasteiger partial charge is 0.435 e. The minimum absolute atomic E-state index is 0.203. The third kappa shape index (κ3) is 3.43. The van der Waals surface area contributed by atoms with Crippen molar-refractivity contribution >= 4 is 23.6 Å². The highest BCUT2D eigenvalue weighted by molar-refractivity contribution is 6.32. The summed E-state index contributed by atoms with van der Waals surface area (Å²) in [5.41, 5.74) is -0.537. The van der Waals surface area contributed by atoms with E-state index >= 15 is 0 Å². The van der Waals surface area contributed by atoms with Crippen LogP contribution in [0.3, 0.4) is 0 Å². The van der Waals surface area contributed by atoms with Crippen molar-refractivity contribution in [2.24, 2.45) is 0 Å². The average molecular weight is 317 g/mol. The summed E-state index contributed by atoms with van der Waals surface area (Å²) in [6, 6.07) is 5.34. The number of carbonyl (C=O) groups is 1. The van der Waals surface area contributed by atoms with Crippen molar-refractivity contribution in [1.82, 2.24) is 9.78 Å². The SMILES string of the molecule is O=C(O)C=Cc1c(Cl)cccc1-n1ccc(C(F)(F)F)n1. The van der Waals surface area contributed by atoms with Gasteiger partial charge in [0.25, 0.3) is 0 Å². The summed E-state index contributed by atoms with van der Waals surface area (Å²) in [4.78, 5) is 10.6. The molecule has 110 valence electrons. The van der Waals surface area contributed by atoms with Crippen LogP contribution in [0.4, 0.5) is 13.2 Å². The van der Waals surface area contributed by atoms with E-state index in [2.05, 4.69) is 5.10 Å². The van der Waals surface area contributed by atoms with Gasteiger partial charge < -0.3 is 5.11 Å². The Balaban J connectivity index is 2.51. The monoisotopic (exact) mass is 316 g/mol. The lowest BCUT2D eigenvalue weighted by molar-refractivity contribution is -0.141. The first-order valence-electron chi connectivity index (χ1n) is 5.62. The number of aliphatic carboxylic acids is 1. The Labute approximate surface area is 122 Å². The molecule has 2 rings (SSSR count). The van der Waals surface area contributed by atoms with Gasteiger partial charge in [-0.2, -0.15) is 18.3 Å². The number of aromatic nitrogens is 2. The number of hydrogen-bond donors (Lipinski definition) is 1. The predicted octanol–water partition coefficient (Wildman–Crippen LogP) is 3.64. The molecule has 0 aliphatic carbocycles. The third-order valence-electron chi connectivity index (χ3n) is 2.55. The largest absolute Gasteiger partial charge is 0.478 e. The number of halogens is 4. The van der Waals surface area contributed by atoms with E-state index in [-0.39, 0.29) is 16.3 Å². The molecule has 0 spiro atoms. The first-order chi connectivity index (χ1) is 9.79. The maximum atomic E-state index is 12.6. The fourth-order valence-electron chi connectivity index (χ4n) is 1.65. The Hall–Kier alpha value is -2.28. The van der Waals surface area contributed by atoms with Gasteiger partial charge in [-0.1, -0.05) is 17.7 Å². The van der Waals surface area contributed by atoms with Gasteiger partial charge in [0.15, 0.2) is 5.69 Å². The minimum atomic E-state index is -4.55. The van der Waals surface area contributed by atoms with Crippen LogP contribution in [-0.4, -0.2) is 20.9 Å². The van der Waals surface area contributed by atoms with E-state index in [1.54, 1.807) is 0 Å². The van der Waals surface area contributed by atoms with Gasteiger partial charge >= 0.3 is 12.1 Å². The zero-order chi connectivity index (χ0) is 15.6. The van der Waals surface area contributed by atoms with E-state index in [1.165, 1.54) is 24.3 Å². The van der Waals surface area contributed by atoms with Crippen LogP contribution in [0.5, 0.6) is 0 Å². The third-order valence-corrected chi connectivity index (χ3v) is 2.88. The maximum absolute atomic E-state index is 12.6. The molecular formula is C13H8ClF3N2O2. The second kappa shape index (κ2) is 5.61. The molecule has 0 aliphatic heterocycles. The summed E-state index contributed by atoms with van der Waals surface area (Å²) in [6.45, 7) is 0. The molecule has 0 atom stereocenters. The van der Waals surface area contributed by atoms with Gasteiger partial charge in [0, 0.05) is 22.9 Å². The number of hydrogen-bond acceptors (Lipinski definition) is 2. The summed E-state index contributed by atoms with van der Waals surface area (Å²) in [7, 11) is 0. The Morgan fingerprint density at radius 1 is 1.33 bits per heavy atom. The highest BCUT2D eigenvalue weighted by atomic mass is 35.5. The first kappa shape index (κ1) is 15.1. The second-order valence-electron chi connectivity index (χ2n) is 3.99. The van der Waals surface area contributed by atoms with Crippen molar-refractivity contribution in [2.75, 3.05) is 0 Å². The number of rotatable bonds is 3. The molecule has 1 aromatic heterocycles. The lowest BCUT2D eigenvalue weighted by atomic mass is 10.1. The Morgan fingerprint density at radius 3 is 2.62 bits per heavy atom. The van der Waals surface area contributed by atoms with Crippen LogP contribution in [-0.2, 0) is 11.0 Å². The molecule has 0 radical (unpaired) electrons. The lowest BCUT2D eigenvalue weighted by Gasteiger charge is -2.08.